The van der Waals surface area contributed by atoms with Crippen molar-refractivity contribution in [3.63, 3.8) is 0 Å². The summed E-state index contributed by atoms with van der Waals surface area (Å²) < 4.78 is 0. The standard InChI is InChI=1S/C11H22N2/c12-10-5-6-11(9-10)13-7-3-1-2-4-8-13/h10-11H,1-9,12H2. The van der Waals surface area contributed by atoms with Gasteiger partial charge in [0.15, 0.2) is 0 Å². The molecule has 2 nitrogen and oxygen atoms in total. The Hall–Kier alpha value is -0.0800. The lowest BCUT2D eigenvalue weighted by Crippen LogP contribution is -2.35. The molecule has 13 heavy (non-hydrogen) atoms. The zero-order chi connectivity index (χ0) is 9.10. The fraction of sp³-hybridized carbons (Fsp3) is 1.00. The molecule has 2 heteroatoms. The molecule has 2 unspecified atom stereocenters. The molecule has 2 rings (SSSR count). The van der Waals surface area contributed by atoms with E-state index in [-0.39, 0.29) is 0 Å². The van der Waals surface area contributed by atoms with Crippen molar-refractivity contribution in [2.45, 2.75) is 57.0 Å². The average Bonchev–Trinajstić information content (AvgIpc) is 2.43. The molecule has 2 aliphatic rings. The first-order valence-electron chi connectivity index (χ1n) is 5.86. The Morgan fingerprint density at radius 2 is 1.62 bits per heavy atom. The molecule has 0 aromatic rings. The maximum atomic E-state index is 5.94. The minimum Gasteiger partial charge on any atom is -0.328 e. The van der Waals surface area contributed by atoms with Crippen LogP contribution >= 0.6 is 0 Å². The zero-order valence-electron chi connectivity index (χ0n) is 8.54. The molecule has 2 N–H and O–H groups in total. The lowest BCUT2D eigenvalue weighted by atomic mass is 10.2. The molecule has 1 saturated carbocycles. The Labute approximate surface area is 81.5 Å². The highest BCUT2D eigenvalue weighted by Gasteiger charge is 2.27. The van der Waals surface area contributed by atoms with E-state index in [0.717, 1.165) is 6.04 Å². The van der Waals surface area contributed by atoms with Gasteiger partial charge in [-0.2, -0.15) is 0 Å². The predicted molar refractivity (Wildman–Crippen MR) is 55.7 cm³/mol. The van der Waals surface area contributed by atoms with Crippen LogP contribution in [0.5, 0.6) is 0 Å². The second-order valence-corrected chi connectivity index (χ2v) is 4.68. The van der Waals surface area contributed by atoms with Crippen molar-refractivity contribution in [2.75, 3.05) is 13.1 Å². The number of hydrogen-bond donors (Lipinski definition) is 1. The number of nitrogens with two attached hydrogens (primary N) is 1. The van der Waals surface area contributed by atoms with E-state index in [2.05, 4.69) is 4.90 Å². The second-order valence-electron chi connectivity index (χ2n) is 4.68. The molecule has 0 aromatic heterocycles. The molecule has 0 radical (unpaired) electrons. The van der Waals surface area contributed by atoms with Gasteiger partial charge in [-0.15, -0.1) is 0 Å². The van der Waals surface area contributed by atoms with Gasteiger partial charge in [-0.25, -0.2) is 0 Å². The van der Waals surface area contributed by atoms with E-state index in [1.54, 1.807) is 0 Å². The molecule has 76 valence electrons. The van der Waals surface area contributed by atoms with E-state index >= 15 is 0 Å². The molecular formula is C11H22N2. The third kappa shape index (κ3) is 2.44. The highest BCUT2D eigenvalue weighted by molar-refractivity contribution is 4.85. The lowest BCUT2D eigenvalue weighted by Gasteiger charge is -2.27. The van der Waals surface area contributed by atoms with E-state index in [0.29, 0.717) is 6.04 Å². The Bertz CT molecular complexity index is 150. The summed E-state index contributed by atoms with van der Waals surface area (Å²) in [5.41, 5.74) is 5.94. The summed E-state index contributed by atoms with van der Waals surface area (Å²) in [5, 5.41) is 0. The van der Waals surface area contributed by atoms with Crippen LogP contribution in [0.2, 0.25) is 0 Å². The van der Waals surface area contributed by atoms with Crippen LogP contribution in [0.1, 0.15) is 44.9 Å². The summed E-state index contributed by atoms with van der Waals surface area (Å²) in [4.78, 5) is 2.69. The normalized spacial score (nSPS) is 37.6. The third-order valence-corrected chi connectivity index (χ3v) is 3.60. The monoisotopic (exact) mass is 182 g/mol. The highest BCUT2D eigenvalue weighted by atomic mass is 15.2. The van der Waals surface area contributed by atoms with Crippen LogP contribution in [0.4, 0.5) is 0 Å². The van der Waals surface area contributed by atoms with Crippen LogP contribution in [0.3, 0.4) is 0 Å². The van der Waals surface area contributed by atoms with Crippen molar-refractivity contribution >= 4 is 0 Å². The molecule has 0 aromatic carbocycles. The zero-order valence-corrected chi connectivity index (χ0v) is 8.54. The summed E-state index contributed by atoms with van der Waals surface area (Å²) in [5.74, 6) is 0. The van der Waals surface area contributed by atoms with E-state index in [4.69, 9.17) is 5.73 Å². The first-order chi connectivity index (χ1) is 6.36. The minimum atomic E-state index is 0.494. The fourth-order valence-corrected chi connectivity index (χ4v) is 2.78. The average molecular weight is 182 g/mol. The van der Waals surface area contributed by atoms with Crippen molar-refractivity contribution in [3.05, 3.63) is 0 Å². The molecule has 1 aliphatic carbocycles. The van der Waals surface area contributed by atoms with Crippen molar-refractivity contribution < 1.29 is 0 Å². The Morgan fingerprint density at radius 3 is 2.15 bits per heavy atom. The van der Waals surface area contributed by atoms with Crippen molar-refractivity contribution in [1.29, 1.82) is 0 Å². The largest absolute Gasteiger partial charge is 0.328 e. The van der Waals surface area contributed by atoms with Crippen LogP contribution in [0.15, 0.2) is 0 Å². The van der Waals surface area contributed by atoms with Gasteiger partial charge in [-0.3, -0.25) is 0 Å². The Kier molecular flexibility index (Phi) is 3.23. The fourth-order valence-electron chi connectivity index (χ4n) is 2.78. The second kappa shape index (κ2) is 4.43. The molecular weight excluding hydrogens is 160 g/mol. The van der Waals surface area contributed by atoms with Gasteiger partial charge in [0.05, 0.1) is 0 Å². The first kappa shape index (κ1) is 9.47. The summed E-state index contributed by atoms with van der Waals surface area (Å²) in [6, 6.07) is 1.32. The van der Waals surface area contributed by atoms with E-state index in [1.165, 1.54) is 58.0 Å². The van der Waals surface area contributed by atoms with Gasteiger partial charge in [0, 0.05) is 12.1 Å². The molecule has 0 amide bonds. The molecule has 1 heterocycles. The van der Waals surface area contributed by atoms with Crippen molar-refractivity contribution in [3.8, 4) is 0 Å². The summed E-state index contributed by atoms with van der Waals surface area (Å²) in [7, 11) is 0. The van der Waals surface area contributed by atoms with Gasteiger partial charge in [0.1, 0.15) is 0 Å². The quantitative estimate of drug-likeness (QED) is 0.669. The van der Waals surface area contributed by atoms with E-state index in [9.17, 15) is 0 Å². The smallest absolute Gasteiger partial charge is 0.0111 e. The highest BCUT2D eigenvalue weighted by Crippen LogP contribution is 2.25. The summed E-state index contributed by atoms with van der Waals surface area (Å²) >= 11 is 0. The lowest BCUT2D eigenvalue weighted by molar-refractivity contribution is 0.205. The van der Waals surface area contributed by atoms with Gasteiger partial charge in [0.2, 0.25) is 0 Å². The van der Waals surface area contributed by atoms with Crippen molar-refractivity contribution in [2.24, 2.45) is 5.73 Å². The van der Waals surface area contributed by atoms with E-state index < -0.39 is 0 Å². The van der Waals surface area contributed by atoms with Gasteiger partial charge in [0.25, 0.3) is 0 Å². The van der Waals surface area contributed by atoms with Crippen LogP contribution in [-0.2, 0) is 0 Å². The number of hydrogen-bond acceptors (Lipinski definition) is 2. The SMILES string of the molecule is NC1CCC(N2CCCCCC2)C1. The predicted octanol–water partition coefficient (Wildman–Crippen LogP) is 1.74. The van der Waals surface area contributed by atoms with Gasteiger partial charge in [-0.1, -0.05) is 12.8 Å². The Balaban J connectivity index is 1.84. The molecule has 1 aliphatic heterocycles. The number of nitrogens with zero attached hydrogens (tertiary/aromatic N) is 1. The molecule has 2 atom stereocenters. The van der Waals surface area contributed by atoms with Crippen LogP contribution < -0.4 is 5.73 Å². The molecule has 0 bridgehead atoms. The topological polar surface area (TPSA) is 29.3 Å². The van der Waals surface area contributed by atoms with Gasteiger partial charge in [-0.05, 0) is 45.2 Å². The Morgan fingerprint density at radius 1 is 0.923 bits per heavy atom. The van der Waals surface area contributed by atoms with Gasteiger partial charge >= 0.3 is 0 Å². The molecule has 0 spiro atoms. The maximum Gasteiger partial charge on any atom is 0.0111 e. The summed E-state index contributed by atoms with van der Waals surface area (Å²) in [6.45, 7) is 2.66. The maximum absolute atomic E-state index is 5.94. The molecule has 2 fully saturated rings. The first-order valence-corrected chi connectivity index (χ1v) is 5.86. The number of likely N-dealkylation sites (tertiary alicyclic amines) is 1. The van der Waals surface area contributed by atoms with Crippen LogP contribution in [0, 0.1) is 0 Å². The van der Waals surface area contributed by atoms with E-state index in [1.807, 2.05) is 0 Å². The third-order valence-electron chi connectivity index (χ3n) is 3.60. The van der Waals surface area contributed by atoms with Crippen LogP contribution in [0.25, 0.3) is 0 Å². The van der Waals surface area contributed by atoms with Gasteiger partial charge < -0.3 is 10.6 Å². The van der Waals surface area contributed by atoms with Crippen LogP contribution in [-0.4, -0.2) is 30.1 Å². The number of rotatable bonds is 1. The molecule has 1 saturated heterocycles. The minimum absolute atomic E-state index is 0.494. The van der Waals surface area contributed by atoms with Crippen molar-refractivity contribution in [1.82, 2.24) is 4.90 Å². The summed E-state index contributed by atoms with van der Waals surface area (Å²) in [6.07, 6.45) is 9.55.